The van der Waals surface area contributed by atoms with Gasteiger partial charge in [0.2, 0.25) is 0 Å². The van der Waals surface area contributed by atoms with E-state index in [2.05, 4.69) is 30.3 Å². The number of hydrogen-bond acceptors (Lipinski definition) is 3. The van der Waals surface area contributed by atoms with Gasteiger partial charge in [-0.05, 0) is 56.7 Å². The maximum atomic E-state index is 9.92. The molecule has 19 heavy (non-hydrogen) atoms. The minimum absolute atomic E-state index is 0.366. The summed E-state index contributed by atoms with van der Waals surface area (Å²) in [6.07, 6.45) is 5.95. The van der Waals surface area contributed by atoms with Gasteiger partial charge in [-0.25, -0.2) is 10.4 Å². The van der Waals surface area contributed by atoms with Crippen LogP contribution in [0.25, 0.3) is 0 Å². The summed E-state index contributed by atoms with van der Waals surface area (Å²) in [5.74, 6) is 0.460. The third-order valence-corrected chi connectivity index (χ3v) is 4.74. The largest absolute Gasteiger partial charge is 0.508 e. The molecule has 1 aromatic rings. The first-order valence-corrected chi connectivity index (χ1v) is 7.52. The van der Waals surface area contributed by atoms with Crippen molar-refractivity contribution < 1.29 is 5.11 Å². The Morgan fingerprint density at radius 2 is 1.89 bits per heavy atom. The van der Waals surface area contributed by atoms with Gasteiger partial charge in [-0.3, -0.25) is 0 Å². The van der Waals surface area contributed by atoms with Gasteiger partial charge < -0.3 is 5.11 Å². The lowest BCUT2D eigenvalue weighted by Gasteiger charge is -2.41. The summed E-state index contributed by atoms with van der Waals surface area (Å²) in [5.41, 5.74) is 6.14. The van der Waals surface area contributed by atoms with E-state index in [1.54, 1.807) is 6.07 Å². The third-order valence-electron chi connectivity index (χ3n) is 4.74. The molecule has 0 spiro atoms. The molecular weight excluding hydrogens is 236 g/mol. The minimum atomic E-state index is 0.366. The Hall–Kier alpha value is -1.06. The van der Waals surface area contributed by atoms with Gasteiger partial charge in [0.25, 0.3) is 0 Å². The van der Waals surface area contributed by atoms with Crippen molar-refractivity contribution in [2.75, 3.05) is 0 Å². The highest BCUT2D eigenvalue weighted by Gasteiger charge is 2.30. The van der Waals surface area contributed by atoms with Gasteiger partial charge in [-0.2, -0.15) is 0 Å². The molecule has 1 aromatic carbocycles. The number of phenolic OH excluding ortho intramolecular Hbond substituents is 1. The van der Waals surface area contributed by atoms with E-state index in [4.69, 9.17) is 0 Å². The second-order valence-electron chi connectivity index (χ2n) is 6.10. The van der Waals surface area contributed by atoms with Gasteiger partial charge >= 0.3 is 0 Å². The molecule has 2 N–H and O–H groups in total. The summed E-state index contributed by atoms with van der Waals surface area (Å²) < 4.78 is 0. The van der Waals surface area contributed by atoms with Crippen LogP contribution in [0, 0.1) is 0 Å². The van der Waals surface area contributed by atoms with Crippen LogP contribution in [0.2, 0.25) is 0 Å². The quantitative estimate of drug-likeness (QED) is 0.857. The zero-order valence-corrected chi connectivity index (χ0v) is 11.9. The number of fused-ring (bicyclic) bond motifs is 1. The second-order valence-corrected chi connectivity index (χ2v) is 6.10. The van der Waals surface area contributed by atoms with Crippen LogP contribution < -0.4 is 5.43 Å². The Morgan fingerprint density at radius 1 is 1.16 bits per heavy atom. The Labute approximate surface area is 115 Å². The summed E-state index contributed by atoms with van der Waals surface area (Å²) in [5, 5.41) is 12.4. The van der Waals surface area contributed by atoms with Crippen LogP contribution in [0.15, 0.2) is 18.2 Å². The van der Waals surface area contributed by atoms with Crippen LogP contribution in [0.1, 0.15) is 56.7 Å². The van der Waals surface area contributed by atoms with Crippen molar-refractivity contribution in [2.45, 2.75) is 64.1 Å². The molecule has 2 aliphatic rings. The van der Waals surface area contributed by atoms with Crippen molar-refractivity contribution in [3.8, 4) is 5.75 Å². The smallest absolute Gasteiger partial charge is 0.119 e. The number of hydrogen-bond donors (Lipinski definition) is 2. The molecule has 3 unspecified atom stereocenters. The second kappa shape index (κ2) is 5.14. The first-order chi connectivity index (χ1) is 9.16. The molecule has 3 heteroatoms. The highest BCUT2D eigenvalue weighted by Crippen LogP contribution is 2.37. The van der Waals surface area contributed by atoms with Crippen LogP contribution >= 0.6 is 0 Å². The zero-order valence-electron chi connectivity index (χ0n) is 11.9. The number of nitrogens with one attached hydrogen (secondary N) is 1. The Balaban J connectivity index is 1.77. The predicted octanol–water partition coefficient (Wildman–Crippen LogP) is 3.15. The molecule has 0 bridgehead atoms. The molecular formula is C16H24N2O. The average molecular weight is 260 g/mol. The molecule has 3 nitrogen and oxygen atoms in total. The van der Waals surface area contributed by atoms with E-state index in [0.717, 1.165) is 18.4 Å². The standard InChI is InChI=1S/C16H24N2O/c1-11-5-3-6-12(2)18(11)17-15-10-9-14-13(15)7-4-8-16(14)19/h4,7-8,11-12,15,17,19H,3,5-6,9-10H2,1-2H3. The van der Waals surface area contributed by atoms with E-state index >= 15 is 0 Å². The topological polar surface area (TPSA) is 35.5 Å². The maximum Gasteiger partial charge on any atom is 0.119 e. The molecule has 0 amide bonds. The lowest BCUT2D eigenvalue weighted by molar-refractivity contribution is 0.0293. The summed E-state index contributed by atoms with van der Waals surface area (Å²) in [6, 6.07) is 7.48. The number of aromatic hydroxyl groups is 1. The number of phenols is 1. The molecule has 104 valence electrons. The highest BCUT2D eigenvalue weighted by molar-refractivity contribution is 5.44. The fourth-order valence-electron chi connectivity index (χ4n) is 3.62. The SMILES string of the molecule is CC1CCCC(C)N1NC1CCc2c(O)cccc21. The third kappa shape index (κ3) is 2.37. The number of benzene rings is 1. The number of hydrazine groups is 1. The minimum Gasteiger partial charge on any atom is -0.508 e. The van der Waals surface area contributed by atoms with Crippen molar-refractivity contribution in [2.24, 2.45) is 0 Å². The fraction of sp³-hybridized carbons (Fsp3) is 0.625. The molecule has 1 aliphatic heterocycles. The van der Waals surface area contributed by atoms with Crippen LogP contribution in [0.5, 0.6) is 5.75 Å². The summed E-state index contributed by atoms with van der Waals surface area (Å²) in [6.45, 7) is 4.61. The molecule has 1 saturated heterocycles. The van der Waals surface area contributed by atoms with Gasteiger partial charge in [-0.15, -0.1) is 0 Å². The fourth-order valence-corrected chi connectivity index (χ4v) is 3.62. The number of piperidine rings is 1. The number of rotatable bonds is 2. The molecule has 0 radical (unpaired) electrons. The van der Waals surface area contributed by atoms with Crippen LogP contribution in [0.4, 0.5) is 0 Å². The number of nitrogens with zero attached hydrogens (tertiary/aromatic N) is 1. The van der Waals surface area contributed by atoms with Crippen LogP contribution in [0.3, 0.4) is 0 Å². The van der Waals surface area contributed by atoms with Gasteiger partial charge in [0, 0.05) is 18.1 Å². The predicted molar refractivity (Wildman–Crippen MR) is 76.9 cm³/mol. The molecule has 0 saturated carbocycles. The molecule has 1 aliphatic carbocycles. The Morgan fingerprint density at radius 3 is 2.63 bits per heavy atom. The van der Waals surface area contributed by atoms with Gasteiger partial charge in [-0.1, -0.05) is 18.6 Å². The van der Waals surface area contributed by atoms with Crippen molar-refractivity contribution in [1.82, 2.24) is 10.4 Å². The van der Waals surface area contributed by atoms with Crippen LogP contribution in [-0.2, 0) is 6.42 Å². The van der Waals surface area contributed by atoms with E-state index < -0.39 is 0 Å². The summed E-state index contributed by atoms with van der Waals surface area (Å²) in [7, 11) is 0. The summed E-state index contributed by atoms with van der Waals surface area (Å²) in [4.78, 5) is 0. The van der Waals surface area contributed by atoms with Crippen molar-refractivity contribution in [3.63, 3.8) is 0 Å². The van der Waals surface area contributed by atoms with E-state index in [9.17, 15) is 5.11 Å². The van der Waals surface area contributed by atoms with Gasteiger partial charge in [0.1, 0.15) is 5.75 Å². The van der Waals surface area contributed by atoms with Crippen molar-refractivity contribution in [3.05, 3.63) is 29.3 Å². The maximum absolute atomic E-state index is 9.92. The highest BCUT2D eigenvalue weighted by atomic mass is 16.3. The molecule has 1 fully saturated rings. The lowest BCUT2D eigenvalue weighted by Crippen LogP contribution is -2.52. The van der Waals surface area contributed by atoms with E-state index in [-0.39, 0.29) is 0 Å². The average Bonchev–Trinajstić information content (AvgIpc) is 2.79. The van der Waals surface area contributed by atoms with Crippen LogP contribution in [-0.4, -0.2) is 22.2 Å². The van der Waals surface area contributed by atoms with Gasteiger partial charge in [0.15, 0.2) is 0 Å². The normalized spacial score (nSPS) is 31.4. The van der Waals surface area contributed by atoms with E-state index in [0.29, 0.717) is 23.9 Å². The van der Waals surface area contributed by atoms with E-state index in [1.165, 1.54) is 24.8 Å². The zero-order chi connectivity index (χ0) is 13.4. The Bertz CT molecular complexity index is 450. The monoisotopic (exact) mass is 260 g/mol. The molecule has 0 aromatic heterocycles. The molecule has 3 rings (SSSR count). The Kier molecular flexibility index (Phi) is 3.50. The molecule has 3 atom stereocenters. The van der Waals surface area contributed by atoms with Gasteiger partial charge in [0.05, 0.1) is 0 Å². The van der Waals surface area contributed by atoms with Crippen molar-refractivity contribution >= 4 is 0 Å². The lowest BCUT2D eigenvalue weighted by atomic mass is 9.99. The van der Waals surface area contributed by atoms with Crippen molar-refractivity contribution in [1.29, 1.82) is 0 Å². The first-order valence-electron chi connectivity index (χ1n) is 7.52. The first kappa shape index (κ1) is 12.9. The summed E-state index contributed by atoms with van der Waals surface area (Å²) >= 11 is 0. The molecule has 1 heterocycles. The van der Waals surface area contributed by atoms with E-state index in [1.807, 2.05) is 6.07 Å².